The number of alkyl halides is 3. The van der Waals surface area contributed by atoms with Crippen molar-refractivity contribution in [1.82, 2.24) is 10.2 Å². The third kappa shape index (κ3) is 3.95. The number of nitrogens with zero attached hydrogens (tertiary/aromatic N) is 1. The lowest BCUT2D eigenvalue weighted by Crippen LogP contribution is -2.60. The highest BCUT2D eigenvalue weighted by Crippen LogP contribution is 2.64. The van der Waals surface area contributed by atoms with Crippen LogP contribution in [0, 0.1) is 17.3 Å². The van der Waals surface area contributed by atoms with Gasteiger partial charge in [-0.05, 0) is 30.4 Å². The van der Waals surface area contributed by atoms with Crippen molar-refractivity contribution in [2.24, 2.45) is 17.3 Å². The zero-order valence-electron chi connectivity index (χ0n) is 16.6. The Kier molecular flexibility index (Phi) is 5.46. The second kappa shape index (κ2) is 7.48. The molecule has 0 bridgehead atoms. The number of carboxylic acids is 1. The number of carboxylic acid groups (broad SMARTS) is 1. The molecule has 2 N–H and O–H groups in total. The summed E-state index contributed by atoms with van der Waals surface area (Å²) >= 11 is 0. The van der Waals surface area contributed by atoms with Crippen LogP contribution in [0.15, 0.2) is 30.3 Å². The number of benzene rings is 1. The molecule has 1 aliphatic carbocycles. The summed E-state index contributed by atoms with van der Waals surface area (Å²) in [4.78, 5) is 37.6. The summed E-state index contributed by atoms with van der Waals surface area (Å²) in [6, 6.07) is 5.23. The van der Waals surface area contributed by atoms with Crippen molar-refractivity contribution in [3.05, 3.63) is 30.3 Å². The SMILES string of the molecule is C[C@@H](Oc1ccccc1)[C@H](NC(=O)C(F)(F)F)C(=O)N1C[C@H]2[C@@H]([C@H]1C(=O)O)C2(C)C. The molecule has 1 aliphatic heterocycles. The molecular weight excluding hydrogens is 405 g/mol. The third-order valence-electron chi connectivity index (χ3n) is 6.09. The molecule has 1 saturated heterocycles. The molecule has 3 rings (SSSR count). The summed E-state index contributed by atoms with van der Waals surface area (Å²) < 4.78 is 44.1. The maximum absolute atomic E-state index is 13.1. The minimum absolute atomic E-state index is 0.0631. The summed E-state index contributed by atoms with van der Waals surface area (Å²) in [5.74, 6) is -4.48. The second-order valence-corrected chi connectivity index (χ2v) is 8.31. The largest absolute Gasteiger partial charge is 0.488 e. The number of para-hydroxylation sites is 1. The molecule has 1 heterocycles. The lowest BCUT2D eigenvalue weighted by Gasteiger charge is -2.33. The molecule has 0 aromatic heterocycles. The molecular formula is C20H23F3N2O5. The lowest BCUT2D eigenvalue weighted by atomic mass is 9.99. The molecule has 1 aromatic carbocycles. The Bertz CT molecular complexity index is 843. The first kappa shape index (κ1) is 21.9. The summed E-state index contributed by atoms with van der Waals surface area (Å²) in [6.07, 6.45) is -6.38. The van der Waals surface area contributed by atoms with Crippen molar-refractivity contribution in [3.8, 4) is 5.75 Å². The lowest BCUT2D eigenvalue weighted by molar-refractivity contribution is -0.176. The molecule has 0 radical (unpaired) electrons. The number of ether oxygens (including phenoxy) is 1. The van der Waals surface area contributed by atoms with Gasteiger partial charge < -0.3 is 20.1 Å². The average Bonchev–Trinajstić information content (AvgIpc) is 3.01. The van der Waals surface area contributed by atoms with Gasteiger partial charge in [-0.3, -0.25) is 9.59 Å². The highest BCUT2D eigenvalue weighted by Gasteiger charge is 2.70. The molecule has 30 heavy (non-hydrogen) atoms. The van der Waals surface area contributed by atoms with E-state index >= 15 is 0 Å². The molecule has 0 unspecified atom stereocenters. The van der Waals surface area contributed by atoms with Crippen molar-refractivity contribution in [3.63, 3.8) is 0 Å². The molecule has 2 aliphatic rings. The molecule has 0 spiro atoms. The van der Waals surface area contributed by atoms with Crippen molar-refractivity contribution >= 4 is 17.8 Å². The Morgan fingerprint density at radius 3 is 2.37 bits per heavy atom. The zero-order chi connectivity index (χ0) is 22.4. The van der Waals surface area contributed by atoms with E-state index < -0.39 is 42.1 Å². The number of hydrogen-bond donors (Lipinski definition) is 2. The fourth-order valence-electron chi connectivity index (χ4n) is 4.36. The van der Waals surface area contributed by atoms with Crippen molar-refractivity contribution in [1.29, 1.82) is 0 Å². The predicted molar refractivity (Wildman–Crippen MR) is 98.4 cm³/mol. The van der Waals surface area contributed by atoms with E-state index in [4.69, 9.17) is 4.74 Å². The van der Waals surface area contributed by atoms with E-state index in [0.29, 0.717) is 5.75 Å². The Balaban J connectivity index is 1.84. The van der Waals surface area contributed by atoms with Crippen LogP contribution in [0.5, 0.6) is 5.75 Å². The fourth-order valence-corrected chi connectivity index (χ4v) is 4.36. The minimum Gasteiger partial charge on any atom is -0.488 e. The van der Waals surface area contributed by atoms with Gasteiger partial charge in [0.05, 0.1) is 0 Å². The van der Waals surface area contributed by atoms with Gasteiger partial charge in [-0.25, -0.2) is 4.79 Å². The fraction of sp³-hybridized carbons (Fsp3) is 0.550. The van der Waals surface area contributed by atoms with Crippen LogP contribution in [0.4, 0.5) is 13.2 Å². The molecule has 7 nitrogen and oxygen atoms in total. The predicted octanol–water partition coefficient (Wildman–Crippen LogP) is 2.07. The molecule has 1 aromatic rings. The molecule has 164 valence electrons. The molecule has 2 fully saturated rings. The van der Waals surface area contributed by atoms with Gasteiger partial charge in [0.1, 0.15) is 23.9 Å². The normalized spacial score (nSPS) is 26.3. The van der Waals surface area contributed by atoms with Crippen molar-refractivity contribution < 1.29 is 37.4 Å². The standard InChI is InChI=1S/C20H23F3N2O5/c1-10(30-11-7-5-4-6-8-11)14(24-18(29)20(21,22)23)16(26)25-9-12-13(19(12,2)3)15(25)17(27)28/h4-8,10,12-15H,9H2,1-3H3,(H,24,29)(H,27,28)/t10-,12+,13+,14+,15+/m1/s1. The van der Waals surface area contributed by atoms with Gasteiger partial charge in [-0.1, -0.05) is 32.0 Å². The number of fused-ring (bicyclic) bond motifs is 1. The number of nitrogens with one attached hydrogen (secondary N) is 1. The summed E-state index contributed by atoms with van der Waals surface area (Å²) in [5.41, 5.74) is -0.267. The van der Waals surface area contributed by atoms with E-state index in [1.807, 2.05) is 13.8 Å². The first-order chi connectivity index (χ1) is 13.9. The average molecular weight is 428 g/mol. The van der Waals surface area contributed by atoms with Crippen LogP contribution in [0.2, 0.25) is 0 Å². The maximum Gasteiger partial charge on any atom is 0.471 e. The van der Waals surface area contributed by atoms with Crippen molar-refractivity contribution in [2.75, 3.05) is 6.54 Å². The van der Waals surface area contributed by atoms with Gasteiger partial charge in [0.2, 0.25) is 5.91 Å². The highest BCUT2D eigenvalue weighted by molar-refractivity contribution is 5.93. The summed E-state index contributed by atoms with van der Waals surface area (Å²) in [6.45, 7) is 5.24. The minimum atomic E-state index is -5.20. The second-order valence-electron chi connectivity index (χ2n) is 8.31. The van der Waals surface area contributed by atoms with Gasteiger partial charge in [-0.15, -0.1) is 0 Å². The number of carbonyl (C=O) groups excluding carboxylic acids is 2. The summed E-state index contributed by atoms with van der Waals surface area (Å²) in [7, 11) is 0. The quantitative estimate of drug-likeness (QED) is 0.723. The molecule has 1 saturated carbocycles. The first-order valence-corrected chi connectivity index (χ1v) is 9.48. The number of carbonyl (C=O) groups is 3. The van der Waals surface area contributed by atoms with E-state index in [1.54, 1.807) is 35.6 Å². The van der Waals surface area contributed by atoms with Crippen molar-refractivity contribution in [2.45, 2.75) is 45.1 Å². The number of likely N-dealkylation sites (tertiary alicyclic amines) is 1. The van der Waals surface area contributed by atoms with Crippen LogP contribution in [0.25, 0.3) is 0 Å². The Morgan fingerprint density at radius 2 is 1.83 bits per heavy atom. The van der Waals surface area contributed by atoms with Crippen LogP contribution < -0.4 is 10.1 Å². The molecule has 10 heteroatoms. The molecule has 2 amide bonds. The topological polar surface area (TPSA) is 95.9 Å². The number of rotatable bonds is 6. The Labute approximate surface area is 171 Å². The highest BCUT2D eigenvalue weighted by atomic mass is 19.4. The van der Waals surface area contributed by atoms with Gasteiger partial charge in [-0.2, -0.15) is 13.2 Å². The van der Waals surface area contributed by atoms with E-state index in [2.05, 4.69) is 0 Å². The zero-order valence-corrected chi connectivity index (χ0v) is 16.6. The molecule has 5 atom stereocenters. The number of aliphatic carboxylic acids is 1. The van der Waals surface area contributed by atoms with Gasteiger partial charge in [0, 0.05) is 12.5 Å². The van der Waals surface area contributed by atoms with E-state index in [-0.39, 0.29) is 23.8 Å². The number of piperidine rings is 1. The number of hydrogen-bond acceptors (Lipinski definition) is 4. The number of halogens is 3. The van der Waals surface area contributed by atoms with Crippen LogP contribution in [-0.4, -0.2) is 58.7 Å². The smallest absolute Gasteiger partial charge is 0.471 e. The Hall–Kier alpha value is -2.78. The van der Waals surface area contributed by atoms with E-state index in [9.17, 15) is 32.7 Å². The van der Waals surface area contributed by atoms with Gasteiger partial charge in [0.15, 0.2) is 0 Å². The van der Waals surface area contributed by atoms with Crippen LogP contribution >= 0.6 is 0 Å². The van der Waals surface area contributed by atoms with E-state index in [1.165, 1.54) is 6.92 Å². The Morgan fingerprint density at radius 1 is 1.23 bits per heavy atom. The first-order valence-electron chi connectivity index (χ1n) is 9.48. The van der Waals surface area contributed by atoms with Gasteiger partial charge >= 0.3 is 18.1 Å². The monoisotopic (exact) mass is 428 g/mol. The van der Waals surface area contributed by atoms with Crippen LogP contribution in [0.1, 0.15) is 20.8 Å². The maximum atomic E-state index is 13.1. The third-order valence-corrected chi connectivity index (χ3v) is 6.09. The van der Waals surface area contributed by atoms with E-state index in [0.717, 1.165) is 4.90 Å². The van der Waals surface area contributed by atoms with Crippen LogP contribution in [-0.2, 0) is 14.4 Å². The van der Waals surface area contributed by atoms with Crippen LogP contribution in [0.3, 0.4) is 0 Å². The summed E-state index contributed by atoms with van der Waals surface area (Å²) in [5, 5.41) is 11.3. The van der Waals surface area contributed by atoms with Gasteiger partial charge in [0.25, 0.3) is 0 Å². The number of amides is 2.